The number of imidazole rings is 1. The van der Waals surface area contributed by atoms with Gasteiger partial charge in [0.1, 0.15) is 5.82 Å². The number of nitrogens with zero attached hydrogens (tertiary/aromatic N) is 2. The van der Waals surface area contributed by atoms with Gasteiger partial charge in [0.15, 0.2) is 0 Å². The van der Waals surface area contributed by atoms with Crippen molar-refractivity contribution in [1.29, 1.82) is 0 Å². The number of hydrogen-bond donors (Lipinski definition) is 1. The van der Waals surface area contributed by atoms with Gasteiger partial charge >= 0.3 is 0 Å². The van der Waals surface area contributed by atoms with E-state index in [1.807, 2.05) is 6.07 Å². The fourth-order valence-corrected chi connectivity index (χ4v) is 3.91. The van der Waals surface area contributed by atoms with Crippen LogP contribution in [0.15, 0.2) is 66.7 Å². The van der Waals surface area contributed by atoms with Gasteiger partial charge in [0.25, 0.3) is 5.91 Å². The quantitative estimate of drug-likeness (QED) is 0.380. The van der Waals surface area contributed by atoms with Crippen molar-refractivity contribution in [3.63, 3.8) is 0 Å². The largest absolute Gasteiger partial charge is 0.352 e. The Morgan fingerprint density at radius 1 is 1.03 bits per heavy atom. The molecule has 0 aliphatic heterocycles. The van der Waals surface area contributed by atoms with Crippen molar-refractivity contribution in [1.82, 2.24) is 14.9 Å². The molecule has 0 saturated heterocycles. The average molecular weight is 432 g/mol. The summed E-state index contributed by atoms with van der Waals surface area (Å²) in [4.78, 5) is 17.2. The third kappa shape index (κ3) is 4.97. The first-order chi connectivity index (χ1) is 15.0. The van der Waals surface area contributed by atoms with Gasteiger partial charge in [0, 0.05) is 30.1 Å². The second-order valence-corrected chi connectivity index (χ2v) is 8.34. The van der Waals surface area contributed by atoms with E-state index in [0.717, 1.165) is 36.2 Å². The lowest BCUT2D eigenvalue weighted by Crippen LogP contribution is -2.25. The van der Waals surface area contributed by atoms with E-state index < -0.39 is 0 Å². The van der Waals surface area contributed by atoms with Crippen LogP contribution >= 0.6 is 11.6 Å². The number of para-hydroxylation sites is 2. The van der Waals surface area contributed by atoms with Gasteiger partial charge in [-0.25, -0.2) is 4.98 Å². The van der Waals surface area contributed by atoms with Crippen molar-refractivity contribution in [2.24, 2.45) is 0 Å². The van der Waals surface area contributed by atoms with Crippen LogP contribution in [0.2, 0.25) is 5.02 Å². The van der Waals surface area contributed by atoms with E-state index in [-0.39, 0.29) is 5.91 Å². The molecule has 4 rings (SSSR count). The van der Waals surface area contributed by atoms with Crippen molar-refractivity contribution in [3.8, 4) is 0 Å². The third-order valence-electron chi connectivity index (χ3n) is 5.54. The molecule has 1 heterocycles. The van der Waals surface area contributed by atoms with Crippen LogP contribution in [0.3, 0.4) is 0 Å². The molecule has 0 unspecified atom stereocenters. The normalized spacial score (nSPS) is 11.1. The molecule has 0 bridgehead atoms. The van der Waals surface area contributed by atoms with Gasteiger partial charge in [-0.3, -0.25) is 4.79 Å². The van der Waals surface area contributed by atoms with Crippen molar-refractivity contribution in [2.45, 2.75) is 33.2 Å². The zero-order valence-electron chi connectivity index (χ0n) is 17.9. The lowest BCUT2D eigenvalue weighted by molar-refractivity contribution is 0.0953. The summed E-state index contributed by atoms with van der Waals surface area (Å²) in [7, 11) is 0. The van der Waals surface area contributed by atoms with Gasteiger partial charge in [-0.05, 0) is 67.8 Å². The fraction of sp³-hybridized carbons (Fsp3) is 0.231. The third-order valence-corrected chi connectivity index (χ3v) is 5.79. The minimum Gasteiger partial charge on any atom is -0.352 e. The average Bonchev–Trinajstić information content (AvgIpc) is 3.11. The van der Waals surface area contributed by atoms with Crippen LogP contribution in [-0.4, -0.2) is 22.0 Å². The fourth-order valence-electron chi connectivity index (χ4n) is 3.79. The van der Waals surface area contributed by atoms with E-state index in [1.165, 1.54) is 16.7 Å². The van der Waals surface area contributed by atoms with Crippen LogP contribution in [0.1, 0.15) is 39.3 Å². The molecule has 0 saturated carbocycles. The van der Waals surface area contributed by atoms with E-state index >= 15 is 0 Å². The molecule has 0 spiro atoms. The molecule has 0 aliphatic rings. The zero-order valence-corrected chi connectivity index (χ0v) is 18.6. The van der Waals surface area contributed by atoms with Gasteiger partial charge in [0.05, 0.1) is 11.0 Å². The second-order valence-electron chi connectivity index (χ2n) is 7.90. The van der Waals surface area contributed by atoms with Crippen LogP contribution in [0.25, 0.3) is 11.0 Å². The standard InChI is InChI=1S/C26H26ClN3O/c1-18-9-10-19(2)21(16-18)17-30-24-7-4-3-6-23(24)29-25(30)8-5-15-28-26(31)20-11-13-22(27)14-12-20/h3-4,6-7,9-14,16H,5,8,15,17H2,1-2H3,(H,28,31). The van der Waals surface area contributed by atoms with E-state index in [4.69, 9.17) is 16.6 Å². The van der Waals surface area contributed by atoms with Gasteiger partial charge in [0.2, 0.25) is 0 Å². The highest BCUT2D eigenvalue weighted by Gasteiger charge is 2.12. The summed E-state index contributed by atoms with van der Waals surface area (Å²) in [6.07, 6.45) is 1.61. The summed E-state index contributed by atoms with van der Waals surface area (Å²) in [5, 5.41) is 3.61. The Morgan fingerprint density at radius 2 is 1.81 bits per heavy atom. The molecule has 158 valence electrons. The highest BCUT2D eigenvalue weighted by molar-refractivity contribution is 6.30. The second kappa shape index (κ2) is 9.36. The first-order valence-electron chi connectivity index (χ1n) is 10.6. The molecule has 4 nitrogen and oxygen atoms in total. The van der Waals surface area contributed by atoms with E-state index in [1.54, 1.807) is 24.3 Å². The van der Waals surface area contributed by atoms with Crippen molar-refractivity contribution < 1.29 is 4.79 Å². The zero-order chi connectivity index (χ0) is 21.8. The number of nitrogens with one attached hydrogen (secondary N) is 1. The van der Waals surface area contributed by atoms with E-state index in [2.05, 4.69) is 60.1 Å². The summed E-state index contributed by atoms with van der Waals surface area (Å²) >= 11 is 5.89. The molecule has 1 N–H and O–H groups in total. The Hall–Kier alpha value is -3.11. The monoisotopic (exact) mass is 431 g/mol. The highest BCUT2D eigenvalue weighted by atomic mass is 35.5. The number of aryl methyl sites for hydroxylation is 3. The molecule has 1 amide bonds. The number of aromatic nitrogens is 2. The first kappa shape index (κ1) is 21.1. The summed E-state index contributed by atoms with van der Waals surface area (Å²) in [6, 6.07) is 21.8. The van der Waals surface area contributed by atoms with Crippen LogP contribution < -0.4 is 5.32 Å². The van der Waals surface area contributed by atoms with E-state index in [0.29, 0.717) is 17.1 Å². The highest BCUT2D eigenvalue weighted by Crippen LogP contribution is 2.21. The predicted octanol–water partition coefficient (Wildman–Crippen LogP) is 5.72. The summed E-state index contributed by atoms with van der Waals surface area (Å²) in [5.41, 5.74) is 6.62. The van der Waals surface area contributed by atoms with Crippen LogP contribution in [0.4, 0.5) is 0 Å². The van der Waals surface area contributed by atoms with Crippen molar-refractivity contribution in [2.75, 3.05) is 6.54 Å². The maximum atomic E-state index is 12.3. The Morgan fingerprint density at radius 3 is 2.61 bits per heavy atom. The Kier molecular flexibility index (Phi) is 6.38. The minimum absolute atomic E-state index is 0.0828. The Labute approximate surface area is 187 Å². The molecule has 4 aromatic rings. The SMILES string of the molecule is Cc1ccc(C)c(Cn2c(CCCNC(=O)c3ccc(Cl)cc3)nc3ccccc32)c1. The number of halogens is 1. The van der Waals surface area contributed by atoms with Gasteiger partial charge in [-0.15, -0.1) is 0 Å². The number of carbonyl (C=O) groups excluding carboxylic acids is 1. The first-order valence-corrected chi connectivity index (χ1v) is 10.9. The lowest BCUT2D eigenvalue weighted by Gasteiger charge is -2.13. The molecule has 0 atom stereocenters. The van der Waals surface area contributed by atoms with Gasteiger partial charge in [-0.2, -0.15) is 0 Å². The Bertz CT molecular complexity index is 1210. The number of amides is 1. The lowest BCUT2D eigenvalue weighted by atomic mass is 10.1. The topological polar surface area (TPSA) is 46.9 Å². The van der Waals surface area contributed by atoms with Gasteiger partial charge < -0.3 is 9.88 Å². The van der Waals surface area contributed by atoms with E-state index in [9.17, 15) is 4.79 Å². The number of rotatable bonds is 7. The summed E-state index contributed by atoms with van der Waals surface area (Å²) in [6.45, 7) is 5.66. The molecule has 0 radical (unpaired) electrons. The van der Waals surface area contributed by atoms with Crippen molar-refractivity contribution >= 4 is 28.5 Å². The number of fused-ring (bicyclic) bond motifs is 1. The molecular weight excluding hydrogens is 406 g/mol. The predicted molar refractivity (Wildman–Crippen MR) is 127 cm³/mol. The maximum absolute atomic E-state index is 12.3. The number of carbonyl (C=O) groups is 1. The summed E-state index contributed by atoms with van der Waals surface area (Å²) < 4.78 is 2.30. The minimum atomic E-state index is -0.0828. The molecule has 0 fully saturated rings. The molecular formula is C26H26ClN3O. The molecule has 1 aromatic heterocycles. The van der Waals surface area contributed by atoms with Crippen LogP contribution in [0, 0.1) is 13.8 Å². The van der Waals surface area contributed by atoms with Crippen LogP contribution in [0.5, 0.6) is 0 Å². The van der Waals surface area contributed by atoms with Gasteiger partial charge in [-0.1, -0.05) is 47.5 Å². The van der Waals surface area contributed by atoms with Crippen molar-refractivity contribution in [3.05, 3.63) is 99.8 Å². The summed E-state index contributed by atoms with van der Waals surface area (Å²) in [5.74, 6) is 0.961. The smallest absolute Gasteiger partial charge is 0.251 e. The molecule has 5 heteroatoms. The Balaban J connectivity index is 1.47. The number of hydrogen-bond acceptors (Lipinski definition) is 2. The molecule has 3 aromatic carbocycles. The molecule has 0 aliphatic carbocycles. The molecule has 31 heavy (non-hydrogen) atoms. The maximum Gasteiger partial charge on any atom is 0.251 e. The van der Waals surface area contributed by atoms with Crippen LogP contribution in [-0.2, 0) is 13.0 Å². The number of benzene rings is 3.